The van der Waals surface area contributed by atoms with Crippen molar-refractivity contribution in [1.82, 2.24) is 14.9 Å². The highest BCUT2D eigenvalue weighted by Crippen LogP contribution is 2.60. The maximum atomic E-state index is 12.1. The highest BCUT2D eigenvalue weighted by Gasteiger charge is 2.57. The van der Waals surface area contributed by atoms with Crippen molar-refractivity contribution in [3.8, 4) is 0 Å². The number of ether oxygens (including phenoxy) is 1. The molecule has 6 heteroatoms. The minimum absolute atomic E-state index is 0.0188. The van der Waals surface area contributed by atoms with Gasteiger partial charge in [-0.2, -0.15) is 0 Å². The molecule has 6 nitrogen and oxygen atoms in total. The summed E-state index contributed by atoms with van der Waals surface area (Å²) >= 11 is 0. The van der Waals surface area contributed by atoms with Crippen LogP contribution in [-0.2, 0) is 4.74 Å². The summed E-state index contributed by atoms with van der Waals surface area (Å²) in [5, 5.41) is 14.3. The number of hydrogen-bond donors (Lipinski definition) is 2. The van der Waals surface area contributed by atoms with Crippen molar-refractivity contribution in [3.05, 3.63) is 35.9 Å². The lowest BCUT2D eigenvalue weighted by molar-refractivity contribution is -0.152. The minimum atomic E-state index is -0.485. The molecule has 1 aromatic rings. The normalized spacial score (nSPS) is 33.7. The Morgan fingerprint density at radius 1 is 1.37 bits per heavy atom. The average molecular weight is 414 g/mol. The third-order valence-electron chi connectivity index (χ3n) is 7.23. The number of fused-ring (bicyclic) bond motifs is 1. The Labute approximate surface area is 179 Å². The zero-order chi connectivity index (χ0) is 21.7. The fourth-order valence-electron chi connectivity index (χ4n) is 5.77. The van der Waals surface area contributed by atoms with Gasteiger partial charge in [-0.05, 0) is 83.3 Å². The SMILES string of the molecule is C/C=C\C1=C(C)c2cncn2C1C1CC2(CCC(NC(=O)OC(C)(C)C)CC2)C1O. The largest absolute Gasteiger partial charge is 0.444 e. The Hall–Kier alpha value is -2.08. The first kappa shape index (κ1) is 21.2. The summed E-state index contributed by atoms with van der Waals surface area (Å²) in [4.78, 5) is 16.4. The summed E-state index contributed by atoms with van der Waals surface area (Å²) in [7, 11) is 0. The molecule has 1 spiro atoms. The fourth-order valence-corrected chi connectivity index (χ4v) is 5.77. The Morgan fingerprint density at radius 3 is 2.67 bits per heavy atom. The Kier molecular flexibility index (Phi) is 5.33. The number of aliphatic hydroxyl groups excluding tert-OH is 1. The minimum Gasteiger partial charge on any atom is -0.444 e. The van der Waals surface area contributed by atoms with E-state index >= 15 is 0 Å². The number of carbonyl (C=O) groups is 1. The van der Waals surface area contributed by atoms with Crippen LogP contribution in [0.1, 0.15) is 78.5 Å². The Bertz CT molecular complexity index is 869. The molecule has 2 heterocycles. The second-order valence-corrected chi connectivity index (χ2v) is 10.3. The van der Waals surface area contributed by atoms with Crippen molar-refractivity contribution in [2.45, 2.75) is 90.5 Å². The number of aliphatic hydroxyl groups is 1. The Morgan fingerprint density at radius 2 is 2.07 bits per heavy atom. The van der Waals surface area contributed by atoms with E-state index in [1.165, 1.54) is 11.1 Å². The lowest BCUT2D eigenvalue weighted by atomic mass is 9.51. The van der Waals surface area contributed by atoms with E-state index in [0.29, 0.717) is 0 Å². The number of carbonyl (C=O) groups excluding carboxylic acids is 1. The number of alkyl carbamates (subject to hydrolysis) is 1. The maximum Gasteiger partial charge on any atom is 0.407 e. The van der Waals surface area contributed by atoms with Crippen molar-refractivity contribution < 1.29 is 14.6 Å². The number of hydrogen-bond acceptors (Lipinski definition) is 4. The van der Waals surface area contributed by atoms with Crippen molar-refractivity contribution in [3.63, 3.8) is 0 Å². The predicted molar refractivity (Wildman–Crippen MR) is 117 cm³/mol. The van der Waals surface area contributed by atoms with Crippen LogP contribution in [0.4, 0.5) is 4.79 Å². The smallest absolute Gasteiger partial charge is 0.407 e. The third-order valence-corrected chi connectivity index (χ3v) is 7.23. The number of amides is 1. The Balaban J connectivity index is 1.40. The number of nitrogens with one attached hydrogen (secondary N) is 1. The van der Waals surface area contributed by atoms with Gasteiger partial charge in [-0.1, -0.05) is 12.2 Å². The van der Waals surface area contributed by atoms with E-state index in [1.807, 2.05) is 40.2 Å². The highest BCUT2D eigenvalue weighted by atomic mass is 16.6. The molecule has 0 saturated heterocycles. The molecule has 1 aliphatic heterocycles. The van der Waals surface area contributed by atoms with Gasteiger partial charge in [0.2, 0.25) is 0 Å². The fraction of sp³-hybridized carbons (Fsp3) is 0.667. The van der Waals surface area contributed by atoms with Crippen molar-refractivity contribution in [1.29, 1.82) is 0 Å². The average Bonchev–Trinajstić information content (AvgIpc) is 3.23. The van der Waals surface area contributed by atoms with Crippen molar-refractivity contribution >= 4 is 11.7 Å². The summed E-state index contributed by atoms with van der Waals surface area (Å²) in [6, 6.07) is 0.293. The summed E-state index contributed by atoms with van der Waals surface area (Å²) < 4.78 is 7.63. The van der Waals surface area contributed by atoms with Crippen LogP contribution in [0.5, 0.6) is 0 Å². The monoisotopic (exact) mass is 413 g/mol. The zero-order valence-corrected chi connectivity index (χ0v) is 18.8. The molecule has 2 saturated carbocycles. The van der Waals surface area contributed by atoms with Gasteiger partial charge in [-0.15, -0.1) is 0 Å². The highest BCUT2D eigenvalue weighted by molar-refractivity contribution is 5.71. The maximum absolute atomic E-state index is 12.1. The van der Waals surface area contributed by atoms with E-state index in [1.54, 1.807) is 0 Å². The van der Waals surface area contributed by atoms with E-state index in [9.17, 15) is 9.90 Å². The summed E-state index contributed by atoms with van der Waals surface area (Å²) in [6.07, 6.45) is 12.1. The van der Waals surface area contributed by atoms with Crippen LogP contribution >= 0.6 is 0 Å². The second-order valence-electron chi connectivity index (χ2n) is 10.3. The predicted octanol–water partition coefficient (Wildman–Crippen LogP) is 4.62. The first-order valence-corrected chi connectivity index (χ1v) is 11.2. The van der Waals surface area contributed by atoms with E-state index in [-0.39, 0.29) is 35.6 Å². The van der Waals surface area contributed by atoms with E-state index in [2.05, 4.69) is 33.9 Å². The third kappa shape index (κ3) is 3.59. The molecule has 1 amide bonds. The molecule has 2 N–H and O–H groups in total. The van der Waals surface area contributed by atoms with E-state index in [4.69, 9.17) is 4.74 Å². The van der Waals surface area contributed by atoms with Crippen molar-refractivity contribution in [2.24, 2.45) is 11.3 Å². The zero-order valence-electron chi connectivity index (χ0n) is 18.8. The second kappa shape index (κ2) is 7.56. The summed E-state index contributed by atoms with van der Waals surface area (Å²) in [5.74, 6) is 0.206. The van der Waals surface area contributed by atoms with Gasteiger partial charge in [-0.25, -0.2) is 9.78 Å². The van der Waals surface area contributed by atoms with Gasteiger partial charge in [0, 0.05) is 12.0 Å². The molecule has 1 aromatic heterocycles. The number of nitrogens with zero attached hydrogens (tertiary/aromatic N) is 2. The molecule has 3 atom stereocenters. The van der Waals surface area contributed by atoms with Gasteiger partial charge < -0.3 is 19.7 Å². The molecule has 0 aromatic carbocycles. The molecular formula is C24H35N3O3. The summed E-state index contributed by atoms with van der Waals surface area (Å²) in [6.45, 7) is 9.82. The molecule has 4 rings (SSSR count). The van der Waals surface area contributed by atoms with Crippen molar-refractivity contribution in [2.75, 3.05) is 0 Å². The van der Waals surface area contributed by atoms with Crippen LogP contribution in [0, 0.1) is 11.3 Å². The van der Waals surface area contributed by atoms with Crippen LogP contribution in [-0.4, -0.2) is 38.5 Å². The first-order chi connectivity index (χ1) is 14.1. The van der Waals surface area contributed by atoms with Gasteiger partial charge >= 0.3 is 6.09 Å². The van der Waals surface area contributed by atoms with Crippen LogP contribution < -0.4 is 5.32 Å². The van der Waals surface area contributed by atoms with E-state index < -0.39 is 5.60 Å². The molecular weight excluding hydrogens is 378 g/mol. The van der Waals surface area contributed by atoms with Gasteiger partial charge in [-0.3, -0.25) is 0 Å². The van der Waals surface area contributed by atoms with Gasteiger partial charge in [0.15, 0.2) is 0 Å². The number of aromatic nitrogens is 2. The van der Waals surface area contributed by atoms with Crippen LogP contribution in [0.2, 0.25) is 0 Å². The lowest BCUT2D eigenvalue weighted by Gasteiger charge is -2.57. The van der Waals surface area contributed by atoms with Gasteiger partial charge in [0.05, 0.1) is 30.4 Å². The number of rotatable bonds is 3. The molecule has 30 heavy (non-hydrogen) atoms. The molecule has 2 fully saturated rings. The first-order valence-electron chi connectivity index (χ1n) is 11.2. The number of imidazole rings is 1. The topological polar surface area (TPSA) is 76.4 Å². The van der Waals surface area contributed by atoms with Crippen LogP contribution in [0.25, 0.3) is 5.57 Å². The molecule has 164 valence electrons. The molecule has 3 aliphatic rings. The number of allylic oxidation sites excluding steroid dienone is 4. The molecule has 0 radical (unpaired) electrons. The quantitative estimate of drug-likeness (QED) is 0.758. The van der Waals surface area contributed by atoms with Crippen LogP contribution in [0.3, 0.4) is 0 Å². The molecule has 0 bridgehead atoms. The van der Waals surface area contributed by atoms with Crippen LogP contribution in [0.15, 0.2) is 30.2 Å². The standard InChI is InChI=1S/C24H35N3O3/c1-6-7-17-15(2)19-13-25-14-27(19)20(17)18-12-24(21(18)28)10-8-16(9-11-24)26-22(29)30-23(3,4)5/h6-7,13-14,16,18,20-21,28H,8-12H2,1-5H3,(H,26,29)/b7-6-. The van der Waals surface area contributed by atoms with Gasteiger partial charge in [0.25, 0.3) is 0 Å². The van der Waals surface area contributed by atoms with Gasteiger partial charge in [0.1, 0.15) is 5.60 Å². The molecule has 3 unspecified atom stereocenters. The summed E-state index contributed by atoms with van der Waals surface area (Å²) in [5.41, 5.74) is 3.21. The lowest BCUT2D eigenvalue weighted by Crippen LogP contribution is -2.58. The molecule has 2 aliphatic carbocycles. The van der Waals surface area contributed by atoms with E-state index in [0.717, 1.165) is 37.8 Å².